The average Bonchev–Trinajstić information content (AvgIpc) is 3.07. The molecule has 0 unspecified atom stereocenters. The fourth-order valence-corrected chi connectivity index (χ4v) is 2.11. The fraction of sp³-hybridized carbons (Fsp3) is 0.333. The number of benzene rings is 1. The molecular formula is C15H15N5O4. The molecule has 24 heavy (non-hydrogen) atoms. The van der Waals surface area contributed by atoms with Crippen LogP contribution < -0.4 is 0 Å². The highest BCUT2D eigenvalue weighted by Gasteiger charge is 2.38. The van der Waals surface area contributed by atoms with Gasteiger partial charge in [0.25, 0.3) is 11.8 Å². The lowest BCUT2D eigenvalue weighted by Gasteiger charge is -2.12. The Morgan fingerprint density at radius 3 is 2.21 bits per heavy atom. The van der Waals surface area contributed by atoms with Crippen molar-refractivity contribution in [2.45, 2.75) is 32.7 Å². The van der Waals surface area contributed by atoms with Crippen molar-refractivity contribution >= 4 is 17.8 Å². The standard InChI is InChI=1S/C15H15N5O4/c1-15(2,3)14-16-18-19(17-14)8-11(21)24-20-12(22)9-6-4-5-7-10(9)13(20)23/h4-7H,8H2,1-3H3. The van der Waals surface area contributed by atoms with E-state index in [4.69, 9.17) is 4.84 Å². The number of rotatable bonds is 3. The first-order valence-corrected chi connectivity index (χ1v) is 7.24. The molecule has 0 spiro atoms. The number of hydroxylamine groups is 2. The molecule has 0 radical (unpaired) electrons. The molecule has 0 saturated heterocycles. The Bertz CT molecular complexity index is 801. The predicted molar refractivity (Wildman–Crippen MR) is 79.6 cm³/mol. The zero-order valence-electron chi connectivity index (χ0n) is 13.4. The van der Waals surface area contributed by atoms with Crippen LogP contribution in [-0.4, -0.2) is 43.1 Å². The lowest BCUT2D eigenvalue weighted by atomic mass is 9.96. The molecule has 1 aromatic carbocycles. The van der Waals surface area contributed by atoms with Crippen LogP contribution >= 0.6 is 0 Å². The monoisotopic (exact) mass is 329 g/mol. The second-order valence-electron chi connectivity index (χ2n) is 6.31. The minimum atomic E-state index is -0.845. The van der Waals surface area contributed by atoms with Crippen LogP contribution in [0.3, 0.4) is 0 Å². The molecule has 0 saturated carbocycles. The van der Waals surface area contributed by atoms with Crippen LogP contribution in [-0.2, 0) is 21.6 Å². The van der Waals surface area contributed by atoms with Gasteiger partial charge in [0.2, 0.25) is 0 Å². The van der Waals surface area contributed by atoms with Crippen molar-refractivity contribution in [3.63, 3.8) is 0 Å². The van der Waals surface area contributed by atoms with Crippen LogP contribution in [0.15, 0.2) is 24.3 Å². The number of nitrogens with zero attached hydrogens (tertiary/aromatic N) is 5. The van der Waals surface area contributed by atoms with Gasteiger partial charge < -0.3 is 4.84 Å². The molecule has 3 rings (SSSR count). The van der Waals surface area contributed by atoms with Gasteiger partial charge in [0.15, 0.2) is 12.4 Å². The van der Waals surface area contributed by atoms with Gasteiger partial charge in [0.05, 0.1) is 11.1 Å². The molecule has 1 aliphatic rings. The van der Waals surface area contributed by atoms with E-state index in [0.717, 1.165) is 4.80 Å². The number of hydrogen-bond acceptors (Lipinski definition) is 7. The Hall–Kier alpha value is -3.10. The summed E-state index contributed by atoms with van der Waals surface area (Å²) in [6.07, 6.45) is 0. The Balaban J connectivity index is 1.69. The molecule has 0 fully saturated rings. The van der Waals surface area contributed by atoms with Crippen molar-refractivity contribution in [2.24, 2.45) is 0 Å². The van der Waals surface area contributed by atoms with Gasteiger partial charge in [-0.25, -0.2) is 4.79 Å². The van der Waals surface area contributed by atoms with Gasteiger partial charge in [-0.05, 0) is 17.3 Å². The second kappa shape index (κ2) is 5.52. The number of hydrogen-bond donors (Lipinski definition) is 0. The number of aromatic nitrogens is 4. The minimum Gasteiger partial charge on any atom is -0.328 e. The van der Waals surface area contributed by atoms with Crippen LogP contribution in [0.2, 0.25) is 0 Å². The van der Waals surface area contributed by atoms with Gasteiger partial charge >= 0.3 is 5.97 Å². The Morgan fingerprint density at radius 2 is 1.71 bits per heavy atom. The van der Waals surface area contributed by atoms with E-state index in [0.29, 0.717) is 10.9 Å². The maximum absolute atomic E-state index is 12.1. The molecule has 0 aliphatic carbocycles. The summed E-state index contributed by atoms with van der Waals surface area (Å²) in [6, 6.07) is 6.25. The van der Waals surface area contributed by atoms with Crippen LogP contribution in [0.5, 0.6) is 0 Å². The highest BCUT2D eigenvalue weighted by Crippen LogP contribution is 2.22. The van der Waals surface area contributed by atoms with Crippen LogP contribution in [0.4, 0.5) is 0 Å². The summed E-state index contributed by atoms with van der Waals surface area (Å²) < 4.78 is 0. The number of imide groups is 1. The summed E-state index contributed by atoms with van der Waals surface area (Å²) in [5, 5.41) is 12.2. The van der Waals surface area contributed by atoms with E-state index in [-0.39, 0.29) is 23.1 Å². The van der Waals surface area contributed by atoms with Crippen molar-refractivity contribution in [1.82, 2.24) is 25.3 Å². The smallest absolute Gasteiger partial charge is 0.328 e. The average molecular weight is 329 g/mol. The third-order valence-corrected chi connectivity index (χ3v) is 3.34. The van der Waals surface area contributed by atoms with E-state index in [1.807, 2.05) is 20.8 Å². The summed E-state index contributed by atoms with van der Waals surface area (Å²) in [5.74, 6) is -1.73. The Morgan fingerprint density at radius 1 is 1.12 bits per heavy atom. The number of amides is 2. The minimum absolute atomic E-state index is 0.198. The largest absolute Gasteiger partial charge is 0.356 e. The van der Waals surface area contributed by atoms with Gasteiger partial charge in [-0.1, -0.05) is 38.0 Å². The first-order chi connectivity index (χ1) is 11.3. The van der Waals surface area contributed by atoms with E-state index in [2.05, 4.69) is 15.4 Å². The summed E-state index contributed by atoms with van der Waals surface area (Å²) >= 11 is 0. The van der Waals surface area contributed by atoms with Crippen LogP contribution in [0, 0.1) is 0 Å². The molecule has 0 N–H and O–H groups in total. The van der Waals surface area contributed by atoms with E-state index < -0.39 is 17.8 Å². The van der Waals surface area contributed by atoms with Crippen molar-refractivity contribution in [2.75, 3.05) is 0 Å². The third-order valence-electron chi connectivity index (χ3n) is 3.34. The van der Waals surface area contributed by atoms with Crippen molar-refractivity contribution < 1.29 is 19.2 Å². The topological polar surface area (TPSA) is 107 Å². The van der Waals surface area contributed by atoms with Crippen LogP contribution in [0.25, 0.3) is 0 Å². The first-order valence-electron chi connectivity index (χ1n) is 7.24. The molecule has 2 heterocycles. The van der Waals surface area contributed by atoms with Crippen molar-refractivity contribution in [3.8, 4) is 0 Å². The maximum Gasteiger partial charge on any atom is 0.356 e. The quantitative estimate of drug-likeness (QED) is 0.764. The van der Waals surface area contributed by atoms with Gasteiger partial charge in [-0.15, -0.1) is 10.2 Å². The Kier molecular flexibility index (Phi) is 3.63. The molecule has 0 bridgehead atoms. The van der Waals surface area contributed by atoms with E-state index in [1.54, 1.807) is 12.1 Å². The number of fused-ring (bicyclic) bond motifs is 1. The highest BCUT2D eigenvalue weighted by molar-refractivity contribution is 6.20. The van der Waals surface area contributed by atoms with E-state index in [1.165, 1.54) is 12.1 Å². The van der Waals surface area contributed by atoms with E-state index in [9.17, 15) is 14.4 Å². The van der Waals surface area contributed by atoms with E-state index >= 15 is 0 Å². The molecule has 9 nitrogen and oxygen atoms in total. The molecule has 1 aliphatic heterocycles. The van der Waals surface area contributed by atoms with Gasteiger partial charge in [-0.2, -0.15) is 4.80 Å². The molecule has 124 valence electrons. The zero-order chi connectivity index (χ0) is 17.5. The summed E-state index contributed by atoms with van der Waals surface area (Å²) in [6.45, 7) is 5.36. The molecule has 2 amide bonds. The number of carbonyl (C=O) groups excluding carboxylic acids is 3. The first kappa shape index (κ1) is 15.8. The third kappa shape index (κ3) is 2.75. The number of carbonyl (C=O) groups is 3. The lowest BCUT2D eigenvalue weighted by molar-refractivity contribution is -0.169. The summed E-state index contributed by atoms with van der Waals surface area (Å²) in [7, 11) is 0. The predicted octanol–water partition coefficient (Wildman–Crippen LogP) is 0.725. The van der Waals surface area contributed by atoms with Crippen LogP contribution in [0.1, 0.15) is 47.3 Å². The molecular weight excluding hydrogens is 314 g/mol. The van der Waals surface area contributed by atoms with Gasteiger partial charge in [0.1, 0.15) is 0 Å². The summed E-state index contributed by atoms with van der Waals surface area (Å²) in [5.41, 5.74) is 0.0819. The summed E-state index contributed by atoms with van der Waals surface area (Å²) in [4.78, 5) is 42.1. The highest BCUT2D eigenvalue weighted by atomic mass is 16.7. The molecule has 0 atom stereocenters. The molecule has 2 aromatic rings. The normalized spacial score (nSPS) is 14.0. The zero-order valence-corrected chi connectivity index (χ0v) is 13.4. The lowest BCUT2D eigenvalue weighted by Crippen LogP contribution is -2.34. The number of tetrazole rings is 1. The Labute approximate surface area is 137 Å². The molecule has 9 heteroatoms. The SMILES string of the molecule is CC(C)(C)c1nnn(CC(=O)ON2C(=O)c3ccccc3C2=O)n1. The maximum atomic E-state index is 12.1. The fourth-order valence-electron chi connectivity index (χ4n) is 2.11. The van der Waals surface area contributed by atoms with Gasteiger partial charge in [0, 0.05) is 5.41 Å². The second-order valence-corrected chi connectivity index (χ2v) is 6.31. The van der Waals surface area contributed by atoms with Crippen molar-refractivity contribution in [3.05, 3.63) is 41.2 Å². The van der Waals surface area contributed by atoms with Gasteiger partial charge in [-0.3, -0.25) is 9.59 Å². The molecule has 1 aromatic heterocycles. The van der Waals surface area contributed by atoms with Crippen molar-refractivity contribution in [1.29, 1.82) is 0 Å².